The Hall–Kier alpha value is -1.71. The molecule has 1 amide bonds. The Morgan fingerprint density at radius 1 is 1.42 bits per heavy atom. The molecular weight excluding hydrogens is 240 g/mol. The summed E-state index contributed by atoms with van der Waals surface area (Å²) < 4.78 is 0. The van der Waals surface area contributed by atoms with Crippen molar-refractivity contribution in [3.8, 4) is 5.75 Å². The molecule has 0 unspecified atom stereocenters. The maximum Gasteiger partial charge on any atom is 0.251 e. The normalized spacial score (nSPS) is 17.3. The van der Waals surface area contributed by atoms with Gasteiger partial charge in [0.1, 0.15) is 5.75 Å². The van der Waals surface area contributed by atoms with Gasteiger partial charge in [0.2, 0.25) is 0 Å². The third kappa shape index (κ3) is 3.00. The summed E-state index contributed by atoms with van der Waals surface area (Å²) in [6, 6.07) is 4.60. The van der Waals surface area contributed by atoms with E-state index in [9.17, 15) is 9.90 Å². The first-order valence-corrected chi connectivity index (χ1v) is 6.93. The molecule has 0 bridgehead atoms. The van der Waals surface area contributed by atoms with E-state index in [-0.39, 0.29) is 22.8 Å². The zero-order valence-electron chi connectivity index (χ0n) is 11.4. The van der Waals surface area contributed by atoms with E-state index in [0.29, 0.717) is 12.1 Å². The molecule has 2 rings (SSSR count). The van der Waals surface area contributed by atoms with Crippen LogP contribution < -0.4 is 11.1 Å². The number of carbonyl (C=O) groups excluding carboxylic acids is 1. The minimum Gasteiger partial charge on any atom is -0.506 e. The molecule has 19 heavy (non-hydrogen) atoms. The largest absolute Gasteiger partial charge is 0.506 e. The molecule has 0 radical (unpaired) electrons. The van der Waals surface area contributed by atoms with E-state index < -0.39 is 0 Å². The number of aromatic hydroxyl groups is 1. The number of phenols is 1. The Balaban J connectivity index is 1.99. The summed E-state index contributed by atoms with van der Waals surface area (Å²) in [5, 5.41) is 12.5. The molecule has 1 saturated carbocycles. The topological polar surface area (TPSA) is 75.4 Å². The van der Waals surface area contributed by atoms with Crippen LogP contribution in [0, 0.1) is 5.41 Å². The summed E-state index contributed by atoms with van der Waals surface area (Å²) in [5.74, 6) is -0.186. The molecule has 0 spiro atoms. The lowest BCUT2D eigenvalue weighted by atomic mass is 9.83. The Kier molecular flexibility index (Phi) is 3.98. The molecule has 1 aromatic rings. The van der Waals surface area contributed by atoms with Crippen molar-refractivity contribution in [2.45, 2.75) is 39.0 Å². The molecule has 0 saturated heterocycles. The highest BCUT2D eigenvalue weighted by molar-refractivity contribution is 5.95. The van der Waals surface area contributed by atoms with Crippen LogP contribution in [-0.2, 0) is 0 Å². The van der Waals surface area contributed by atoms with Crippen LogP contribution in [0.5, 0.6) is 5.75 Å². The standard InChI is InChI=1S/C15H22N2O2/c1-2-15(7-3-4-8-15)10-17-14(19)11-5-6-12(16)13(18)9-11/h5-6,9,18H,2-4,7-8,10,16H2,1H3,(H,17,19). The quantitative estimate of drug-likeness (QED) is 0.577. The van der Waals surface area contributed by atoms with Crippen molar-refractivity contribution in [1.29, 1.82) is 0 Å². The zero-order chi connectivity index (χ0) is 13.9. The lowest BCUT2D eigenvalue weighted by Gasteiger charge is -2.27. The van der Waals surface area contributed by atoms with Crippen molar-refractivity contribution in [1.82, 2.24) is 5.32 Å². The number of hydrogen-bond donors (Lipinski definition) is 3. The molecule has 1 aliphatic carbocycles. The summed E-state index contributed by atoms with van der Waals surface area (Å²) in [7, 11) is 0. The first-order chi connectivity index (χ1) is 9.06. The van der Waals surface area contributed by atoms with Gasteiger partial charge in [-0.05, 0) is 42.9 Å². The van der Waals surface area contributed by atoms with Crippen LogP contribution in [0.3, 0.4) is 0 Å². The summed E-state index contributed by atoms with van der Waals surface area (Å²) in [6.45, 7) is 2.90. The number of carbonyl (C=O) groups is 1. The van der Waals surface area contributed by atoms with Crippen molar-refractivity contribution in [2.75, 3.05) is 12.3 Å². The molecule has 0 atom stereocenters. The van der Waals surface area contributed by atoms with Gasteiger partial charge >= 0.3 is 0 Å². The van der Waals surface area contributed by atoms with Gasteiger partial charge in [0.25, 0.3) is 5.91 Å². The minimum absolute atomic E-state index is 0.0429. The Morgan fingerprint density at radius 2 is 2.11 bits per heavy atom. The maximum absolute atomic E-state index is 12.1. The number of nitrogen functional groups attached to an aromatic ring is 1. The average Bonchev–Trinajstić information content (AvgIpc) is 2.89. The van der Waals surface area contributed by atoms with Crippen LogP contribution in [0.4, 0.5) is 5.69 Å². The second-order valence-electron chi connectivity index (χ2n) is 5.52. The third-order valence-corrected chi connectivity index (χ3v) is 4.33. The Labute approximate surface area is 114 Å². The zero-order valence-corrected chi connectivity index (χ0v) is 11.4. The second-order valence-corrected chi connectivity index (χ2v) is 5.52. The number of amides is 1. The number of benzene rings is 1. The first-order valence-electron chi connectivity index (χ1n) is 6.93. The molecule has 1 fully saturated rings. The predicted molar refractivity (Wildman–Crippen MR) is 76.0 cm³/mol. The van der Waals surface area contributed by atoms with E-state index in [2.05, 4.69) is 12.2 Å². The van der Waals surface area contributed by atoms with Crippen LogP contribution >= 0.6 is 0 Å². The van der Waals surface area contributed by atoms with Gasteiger partial charge in [0.15, 0.2) is 0 Å². The highest BCUT2D eigenvalue weighted by atomic mass is 16.3. The molecule has 1 aromatic carbocycles. The smallest absolute Gasteiger partial charge is 0.251 e. The molecule has 104 valence electrons. The number of hydrogen-bond acceptors (Lipinski definition) is 3. The van der Waals surface area contributed by atoms with Crippen LogP contribution in [0.15, 0.2) is 18.2 Å². The number of phenolic OH excluding ortho intramolecular Hbond substituents is 1. The fourth-order valence-electron chi connectivity index (χ4n) is 2.84. The van der Waals surface area contributed by atoms with E-state index in [1.807, 2.05) is 0 Å². The highest BCUT2D eigenvalue weighted by Crippen LogP contribution is 2.40. The Morgan fingerprint density at radius 3 is 2.68 bits per heavy atom. The number of anilines is 1. The van der Waals surface area contributed by atoms with Gasteiger partial charge in [-0.25, -0.2) is 0 Å². The van der Waals surface area contributed by atoms with E-state index in [1.165, 1.54) is 31.7 Å². The molecule has 4 N–H and O–H groups in total. The third-order valence-electron chi connectivity index (χ3n) is 4.33. The van der Waals surface area contributed by atoms with E-state index >= 15 is 0 Å². The number of nitrogens with two attached hydrogens (primary N) is 1. The van der Waals surface area contributed by atoms with Crippen molar-refractivity contribution in [3.63, 3.8) is 0 Å². The summed E-state index contributed by atoms with van der Waals surface area (Å²) in [6.07, 6.45) is 5.99. The van der Waals surface area contributed by atoms with Crippen molar-refractivity contribution < 1.29 is 9.90 Å². The molecular formula is C15H22N2O2. The Bertz CT molecular complexity index is 465. The fourth-order valence-corrected chi connectivity index (χ4v) is 2.84. The predicted octanol–water partition coefficient (Wildman–Crippen LogP) is 2.67. The molecule has 1 aliphatic rings. The van der Waals surface area contributed by atoms with Crippen LogP contribution in [0.25, 0.3) is 0 Å². The molecule has 4 nitrogen and oxygen atoms in total. The van der Waals surface area contributed by atoms with Gasteiger partial charge < -0.3 is 16.2 Å². The molecule has 0 aliphatic heterocycles. The van der Waals surface area contributed by atoms with Gasteiger partial charge in [-0.1, -0.05) is 19.8 Å². The van der Waals surface area contributed by atoms with Gasteiger partial charge in [0, 0.05) is 12.1 Å². The number of rotatable bonds is 4. The van der Waals surface area contributed by atoms with E-state index in [4.69, 9.17) is 5.73 Å². The fraction of sp³-hybridized carbons (Fsp3) is 0.533. The SMILES string of the molecule is CCC1(CNC(=O)c2ccc(N)c(O)c2)CCCC1. The minimum atomic E-state index is -0.143. The van der Waals surface area contributed by atoms with Crippen molar-refractivity contribution in [3.05, 3.63) is 23.8 Å². The number of nitrogens with one attached hydrogen (secondary N) is 1. The van der Waals surface area contributed by atoms with E-state index in [0.717, 1.165) is 6.42 Å². The maximum atomic E-state index is 12.1. The van der Waals surface area contributed by atoms with Gasteiger partial charge in [-0.3, -0.25) is 4.79 Å². The van der Waals surface area contributed by atoms with Crippen molar-refractivity contribution in [2.24, 2.45) is 5.41 Å². The first kappa shape index (κ1) is 13.7. The lowest BCUT2D eigenvalue weighted by molar-refractivity contribution is 0.0928. The van der Waals surface area contributed by atoms with Gasteiger partial charge in [-0.15, -0.1) is 0 Å². The molecule has 4 heteroatoms. The van der Waals surface area contributed by atoms with Crippen molar-refractivity contribution >= 4 is 11.6 Å². The highest BCUT2D eigenvalue weighted by Gasteiger charge is 2.32. The summed E-state index contributed by atoms with van der Waals surface area (Å²) in [4.78, 5) is 12.1. The average molecular weight is 262 g/mol. The second kappa shape index (κ2) is 5.51. The molecule has 0 heterocycles. The van der Waals surface area contributed by atoms with Gasteiger partial charge in [0.05, 0.1) is 5.69 Å². The summed E-state index contributed by atoms with van der Waals surface area (Å²) in [5.41, 5.74) is 6.54. The van der Waals surface area contributed by atoms with Gasteiger partial charge in [-0.2, -0.15) is 0 Å². The van der Waals surface area contributed by atoms with Crippen LogP contribution in [0.1, 0.15) is 49.4 Å². The lowest BCUT2D eigenvalue weighted by Crippen LogP contribution is -2.35. The monoisotopic (exact) mass is 262 g/mol. The van der Waals surface area contributed by atoms with E-state index in [1.54, 1.807) is 12.1 Å². The molecule has 0 aromatic heterocycles. The summed E-state index contributed by atoms with van der Waals surface area (Å²) >= 11 is 0. The van der Waals surface area contributed by atoms with Crippen LogP contribution in [-0.4, -0.2) is 17.6 Å². The van der Waals surface area contributed by atoms with Crippen LogP contribution in [0.2, 0.25) is 0 Å².